The predicted molar refractivity (Wildman–Crippen MR) is 81.3 cm³/mol. The number of hydrogen-bond donors (Lipinski definition) is 2. The normalized spacial score (nSPS) is 12.3. The van der Waals surface area contributed by atoms with Crippen LogP contribution in [0.4, 0.5) is 0 Å². The van der Waals surface area contributed by atoms with Gasteiger partial charge < -0.3 is 5.32 Å². The molecule has 0 radical (unpaired) electrons. The van der Waals surface area contributed by atoms with Crippen LogP contribution in [-0.4, -0.2) is 21.7 Å². The summed E-state index contributed by atoms with van der Waals surface area (Å²) in [5.41, 5.74) is -0.617. The molecule has 6 heteroatoms. The molecule has 0 aliphatic heterocycles. The van der Waals surface area contributed by atoms with E-state index in [0.29, 0.717) is 10.8 Å². The Hall–Kier alpha value is -2.37. The standard InChI is InChI=1S/C15H19N3O3/c1-3-10(2)16-13(19)8-9-18-15(21)12-7-5-4-6-11(12)14(20)17-18/h4-7,10H,3,8-9H2,1-2H3,(H,16,19)(H,17,20)/t10-/m1/s1. The van der Waals surface area contributed by atoms with Gasteiger partial charge in [-0.2, -0.15) is 0 Å². The van der Waals surface area contributed by atoms with E-state index in [1.165, 1.54) is 4.68 Å². The Morgan fingerprint density at radius 2 is 1.95 bits per heavy atom. The molecule has 1 heterocycles. The van der Waals surface area contributed by atoms with Crippen molar-refractivity contribution < 1.29 is 4.79 Å². The summed E-state index contributed by atoms with van der Waals surface area (Å²) in [5, 5.41) is 6.06. The molecule has 1 aromatic heterocycles. The molecule has 2 aromatic rings. The average Bonchev–Trinajstić information content (AvgIpc) is 2.49. The summed E-state index contributed by atoms with van der Waals surface area (Å²) in [6, 6.07) is 6.74. The number of amides is 1. The Bertz CT molecular complexity index is 761. The van der Waals surface area contributed by atoms with Crippen LogP contribution < -0.4 is 16.4 Å². The second kappa shape index (κ2) is 6.39. The van der Waals surface area contributed by atoms with Gasteiger partial charge in [0, 0.05) is 12.5 Å². The van der Waals surface area contributed by atoms with Crippen molar-refractivity contribution in [2.75, 3.05) is 0 Å². The first-order valence-electron chi connectivity index (χ1n) is 7.04. The van der Waals surface area contributed by atoms with E-state index in [2.05, 4.69) is 10.4 Å². The third-order valence-corrected chi connectivity index (χ3v) is 3.47. The van der Waals surface area contributed by atoms with Gasteiger partial charge in [-0.1, -0.05) is 19.1 Å². The number of H-pyrrole nitrogens is 1. The lowest BCUT2D eigenvalue weighted by molar-refractivity contribution is -0.122. The van der Waals surface area contributed by atoms with E-state index in [1.807, 2.05) is 13.8 Å². The minimum absolute atomic E-state index is 0.102. The number of fused-ring (bicyclic) bond motifs is 1. The third-order valence-electron chi connectivity index (χ3n) is 3.47. The predicted octanol–water partition coefficient (Wildman–Crippen LogP) is 0.995. The number of carbonyl (C=O) groups excluding carboxylic acids is 1. The fourth-order valence-corrected chi connectivity index (χ4v) is 2.07. The third kappa shape index (κ3) is 3.39. The molecule has 0 fully saturated rings. The number of nitrogens with zero attached hydrogens (tertiary/aromatic N) is 1. The van der Waals surface area contributed by atoms with Crippen LogP contribution in [0.15, 0.2) is 33.9 Å². The maximum Gasteiger partial charge on any atom is 0.273 e. The fraction of sp³-hybridized carbons (Fsp3) is 0.400. The van der Waals surface area contributed by atoms with E-state index >= 15 is 0 Å². The zero-order valence-electron chi connectivity index (χ0n) is 12.2. The smallest absolute Gasteiger partial charge is 0.273 e. The van der Waals surface area contributed by atoms with Crippen LogP contribution in [0.3, 0.4) is 0 Å². The molecule has 2 N–H and O–H groups in total. The first kappa shape index (κ1) is 15.0. The second-order valence-corrected chi connectivity index (χ2v) is 5.07. The molecule has 2 rings (SSSR count). The number of carbonyl (C=O) groups is 1. The summed E-state index contributed by atoms with van der Waals surface area (Å²) in [6.45, 7) is 4.05. The van der Waals surface area contributed by atoms with Gasteiger partial charge in [0.2, 0.25) is 5.91 Å². The van der Waals surface area contributed by atoms with Crippen molar-refractivity contribution >= 4 is 16.7 Å². The van der Waals surface area contributed by atoms with Crippen LogP contribution >= 0.6 is 0 Å². The van der Waals surface area contributed by atoms with Crippen molar-refractivity contribution in [3.05, 3.63) is 45.0 Å². The molecule has 0 spiro atoms. The first-order chi connectivity index (χ1) is 10.0. The molecule has 6 nitrogen and oxygen atoms in total. The van der Waals surface area contributed by atoms with E-state index in [0.717, 1.165) is 6.42 Å². The van der Waals surface area contributed by atoms with Gasteiger partial charge in [-0.25, -0.2) is 4.68 Å². The molecule has 112 valence electrons. The molecule has 1 atom stereocenters. The highest BCUT2D eigenvalue weighted by molar-refractivity contribution is 5.80. The summed E-state index contributed by atoms with van der Waals surface area (Å²) in [4.78, 5) is 35.9. The molecule has 0 saturated carbocycles. The molecular weight excluding hydrogens is 270 g/mol. The number of nitrogens with one attached hydrogen (secondary N) is 2. The Labute approximate surface area is 121 Å². The van der Waals surface area contributed by atoms with Crippen LogP contribution in [0.5, 0.6) is 0 Å². The molecule has 1 amide bonds. The summed E-state index contributed by atoms with van der Waals surface area (Å²) >= 11 is 0. The molecule has 21 heavy (non-hydrogen) atoms. The second-order valence-electron chi connectivity index (χ2n) is 5.07. The number of aromatic amines is 1. The van der Waals surface area contributed by atoms with Crippen molar-refractivity contribution in [3.8, 4) is 0 Å². The summed E-state index contributed by atoms with van der Waals surface area (Å²) < 4.78 is 1.20. The van der Waals surface area contributed by atoms with Gasteiger partial charge in [0.15, 0.2) is 0 Å². The van der Waals surface area contributed by atoms with Gasteiger partial charge in [0.1, 0.15) is 0 Å². The topological polar surface area (TPSA) is 84.0 Å². The minimum Gasteiger partial charge on any atom is -0.354 e. The highest BCUT2D eigenvalue weighted by Gasteiger charge is 2.09. The van der Waals surface area contributed by atoms with Crippen molar-refractivity contribution in [2.45, 2.75) is 39.3 Å². The molecule has 0 aliphatic carbocycles. The van der Waals surface area contributed by atoms with Crippen LogP contribution in [0, 0.1) is 0 Å². The number of hydrogen-bond acceptors (Lipinski definition) is 3. The van der Waals surface area contributed by atoms with E-state index in [9.17, 15) is 14.4 Å². The number of rotatable bonds is 5. The monoisotopic (exact) mass is 289 g/mol. The van der Waals surface area contributed by atoms with E-state index < -0.39 is 0 Å². The summed E-state index contributed by atoms with van der Waals surface area (Å²) in [7, 11) is 0. The lowest BCUT2D eigenvalue weighted by Crippen LogP contribution is -2.35. The van der Waals surface area contributed by atoms with Crippen LogP contribution in [0.1, 0.15) is 26.7 Å². The lowest BCUT2D eigenvalue weighted by atomic mass is 10.2. The number of aromatic nitrogens is 2. The van der Waals surface area contributed by atoms with Crippen molar-refractivity contribution in [1.82, 2.24) is 15.1 Å². The van der Waals surface area contributed by atoms with Crippen LogP contribution in [0.2, 0.25) is 0 Å². The quantitative estimate of drug-likeness (QED) is 0.861. The van der Waals surface area contributed by atoms with Gasteiger partial charge in [-0.3, -0.25) is 19.5 Å². The van der Waals surface area contributed by atoms with Crippen molar-refractivity contribution in [3.63, 3.8) is 0 Å². The number of aryl methyl sites for hydroxylation is 1. The molecular formula is C15H19N3O3. The van der Waals surface area contributed by atoms with Gasteiger partial charge in [0.25, 0.3) is 11.1 Å². The van der Waals surface area contributed by atoms with E-state index in [1.54, 1.807) is 24.3 Å². The largest absolute Gasteiger partial charge is 0.354 e. The van der Waals surface area contributed by atoms with Crippen LogP contribution in [-0.2, 0) is 11.3 Å². The van der Waals surface area contributed by atoms with Crippen molar-refractivity contribution in [1.29, 1.82) is 0 Å². The number of benzene rings is 1. The fourth-order valence-electron chi connectivity index (χ4n) is 2.07. The van der Waals surface area contributed by atoms with Crippen molar-refractivity contribution in [2.24, 2.45) is 0 Å². The van der Waals surface area contributed by atoms with Crippen LogP contribution in [0.25, 0.3) is 10.8 Å². The maximum atomic E-state index is 12.2. The van der Waals surface area contributed by atoms with Gasteiger partial charge >= 0.3 is 0 Å². The highest BCUT2D eigenvalue weighted by Crippen LogP contribution is 2.02. The Morgan fingerprint density at radius 3 is 2.62 bits per heavy atom. The average molecular weight is 289 g/mol. The first-order valence-corrected chi connectivity index (χ1v) is 7.04. The lowest BCUT2D eigenvalue weighted by Gasteiger charge is -2.12. The van der Waals surface area contributed by atoms with Gasteiger partial charge in [-0.05, 0) is 25.5 Å². The molecule has 0 saturated heterocycles. The summed E-state index contributed by atoms with van der Waals surface area (Å²) in [5.74, 6) is -0.134. The van der Waals surface area contributed by atoms with Gasteiger partial charge in [0.05, 0.1) is 17.3 Å². The Balaban J connectivity index is 2.20. The zero-order chi connectivity index (χ0) is 15.4. The zero-order valence-corrected chi connectivity index (χ0v) is 12.2. The maximum absolute atomic E-state index is 12.2. The molecule has 1 aromatic carbocycles. The van der Waals surface area contributed by atoms with E-state index in [-0.39, 0.29) is 36.0 Å². The minimum atomic E-state index is -0.326. The Morgan fingerprint density at radius 1 is 1.29 bits per heavy atom. The highest BCUT2D eigenvalue weighted by atomic mass is 16.2. The van der Waals surface area contributed by atoms with E-state index in [4.69, 9.17) is 0 Å². The molecule has 0 aliphatic rings. The van der Waals surface area contributed by atoms with Gasteiger partial charge in [-0.15, -0.1) is 0 Å². The SMILES string of the molecule is CC[C@@H](C)NC(=O)CCn1[nH]c(=O)c2ccccc2c1=O. The summed E-state index contributed by atoms with van der Waals surface area (Å²) in [6.07, 6.45) is 0.997. The Kier molecular flexibility index (Phi) is 4.57. The molecule has 0 bridgehead atoms. The molecule has 0 unspecified atom stereocenters.